The summed E-state index contributed by atoms with van der Waals surface area (Å²) in [5.41, 5.74) is 0.457. The summed E-state index contributed by atoms with van der Waals surface area (Å²) in [6.07, 6.45) is 3.13. The van der Waals surface area contributed by atoms with Gasteiger partial charge in [-0.2, -0.15) is 6.16 Å². The van der Waals surface area contributed by atoms with Gasteiger partial charge in [0.05, 0.1) is 21.3 Å². The van der Waals surface area contributed by atoms with E-state index in [0.29, 0.717) is 29.2 Å². The summed E-state index contributed by atoms with van der Waals surface area (Å²) in [5.74, 6) is 1.49. The van der Waals surface area contributed by atoms with Crippen molar-refractivity contribution in [2.75, 3.05) is 27.5 Å². The van der Waals surface area contributed by atoms with E-state index in [9.17, 15) is 4.79 Å². The molecule has 0 saturated carbocycles. The summed E-state index contributed by atoms with van der Waals surface area (Å²) in [7, 11) is 8.00. The topological polar surface area (TPSA) is 44.8 Å². The van der Waals surface area contributed by atoms with Crippen molar-refractivity contribution in [1.82, 2.24) is 0 Å². The average molecular weight is 283 g/mol. The normalized spacial score (nSPS) is 10.1. The van der Waals surface area contributed by atoms with Crippen molar-refractivity contribution in [3.05, 3.63) is 17.7 Å². The van der Waals surface area contributed by atoms with Crippen LogP contribution in [0, 0.1) is 0 Å². The molecule has 0 bridgehead atoms. The maximum absolute atomic E-state index is 12.3. The van der Waals surface area contributed by atoms with E-state index in [1.807, 2.05) is 0 Å². The third-order valence-corrected chi connectivity index (χ3v) is 3.19. The van der Waals surface area contributed by atoms with Crippen LogP contribution in [0.1, 0.15) is 29.6 Å². The molecule has 0 radical (unpaired) electrons. The van der Waals surface area contributed by atoms with Gasteiger partial charge in [-0.1, -0.05) is 6.42 Å². The fourth-order valence-electron chi connectivity index (χ4n) is 1.88. The van der Waals surface area contributed by atoms with Gasteiger partial charge < -0.3 is 23.5 Å². The first-order chi connectivity index (χ1) is 9.19. The maximum atomic E-state index is 12.3. The number of ketones is 1. The van der Waals surface area contributed by atoms with Gasteiger partial charge in [0.2, 0.25) is 0 Å². The van der Waals surface area contributed by atoms with Crippen molar-refractivity contribution in [2.24, 2.45) is 0 Å². The van der Waals surface area contributed by atoms with Crippen LogP contribution in [0.25, 0.3) is 0 Å². The molecule has 106 valence electrons. The Kier molecular flexibility index (Phi) is 6.65. The Morgan fingerprint density at radius 3 is 2.21 bits per heavy atom. The van der Waals surface area contributed by atoms with Gasteiger partial charge in [-0.05, 0) is 18.6 Å². The van der Waals surface area contributed by atoms with Gasteiger partial charge in [0.15, 0.2) is 17.3 Å². The third-order valence-electron chi connectivity index (χ3n) is 2.84. The fraction of sp³-hybridized carbons (Fsp3) is 0.500. The lowest BCUT2D eigenvalue weighted by Gasteiger charge is -2.15. The van der Waals surface area contributed by atoms with Crippen molar-refractivity contribution < 1.29 is 19.0 Å². The number of unbranched alkanes of at least 4 members (excludes halogenated alkanes) is 1. The molecule has 19 heavy (non-hydrogen) atoms. The van der Waals surface area contributed by atoms with E-state index < -0.39 is 0 Å². The molecule has 5 heteroatoms. The Bertz CT molecular complexity index is 432. The highest BCUT2D eigenvalue weighted by Crippen LogP contribution is 2.38. The van der Waals surface area contributed by atoms with Crippen LogP contribution in [0.5, 0.6) is 17.2 Å². The maximum Gasteiger partial charge on any atom is 0.175 e. The smallest absolute Gasteiger partial charge is 0.175 e. The molecule has 0 aliphatic rings. The minimum Gasteiger partial charge on any atom is -0.558 e. The molecule has 0 amide bonds. The SMILES string of the molecule is COc1ccc(OC)c(C(=O)CCCC[PH-])c1OC. The number of carbonyl (C=O) groups excluding carboxylic acids is 1. The predicted octanol–water partition coefficient (Wildman–Crippen LogP) is 3.21. The molecule has 0 aliphatic carbocycles. The van der Waals surface area contributed by atoms with Crippen LogP contribution in [-0.2, 0) is 0 Å². The predicted molar refractivity (Wildman–Crippen MR) is 77.5 cm³/mol. The third kappa shape index (κ3) is 3.84. The molecule has 0 heterocycles. The molecule has 0 atom stereocenters. The molecular formula is C14H20O4P-. The number of hydrogen-bond donors (Lipinski definition) is 0. The van der Waals surface area contributed by atoms with Crippen LogP contribution < -0.4 is 14.2 Å². The second-order valence-electron chi connectivity index (χ2n) is 4.01. The van der Waals surface area contributed by atoms with Crippen molar-refractivity contribution in [1.29, 1.82) is 0 Å². The summed E-state index contributed by atoms with van der Waals surface area (Å²) in [4.78, 5) is 12.3. The van der Waals surface area contributed by atoms with Crippen molar-refractivity contribution in [3.63, 3.8) is 0 Å². The van der Waals surface area contributed by atoms with E-state index in [0.717, 1.165) is 19.0 Å². The van der Waals surface area contributed by atoms with Gasteiger partial charge in [0.25, 0.3) is 0 Å². The van der Waals surface area contributed by atoms with Crippen LogP contribution in [0.3, 0.4) is 0 Å². The van der Waals surface area contributed by atoms with E-state index in [1.165, 1.54) is 14.2 Å². The van der Waals surface area contributed by atoms with Gasteiger partial charge in [-0.3, -0.25) is 4.79 Å². The molecular weight excluding hydrogens is 263 g/mol. The van der Waals surface area contributed by atoms with Crippen LogP contribution in [0.4, 0.5) is 0 Å². The Labute approximate surface area is 116 Å². The lowest BCUT2D eigenvalue weighted by Crippen LogP contribution is -2.06. The van der Waals surface area contributed by atoms with Crippen LogP contribution in [-0.4, -0.2) is 33.3 Å². The summed E-state index contributed by atoms with van der Waals surface area (Å²) < 4.78 is 15.8. The number of carbonyl (C=O) groups is 1. The molecule has 0 fully saturated rings. The van der Waals surface area contributed by atoms with E-state index in [1.54, 1.807) is 19.2 Å². The number of methoxy groups -OCH3 is 3. The van der Waals surface area contributed by atoms with Crippen molar-refractivity contribution in [3.8, 4) is 17.2 Å². The Morgan fingerprint density at radius 2 is 1.68 bits per heavy atom. The molecule has 1 aromatic rings. The fourth-order valence-corrected chi connectivity index (χ4v) is 2.13. The zero-order valence-electron chi connectivity index (χ0n) is 11.6. The summed E-state index contributed by atoms with van der Waals surface area (Å²) in [6.45, 7) is 0. The zero-order valence-corrected chi connectivity index (χ0v) is 12.6. The second kappa shape index (κ2) is 8.00. The minimum absolute atomic E-state index is 0.00715. The number of benzene rings is 1. The highest BCUT2D eigenvalue weighted by molar-refractivity contribution is 7.16. The summed E-state index contributed by atoms with van der Waals surface area (Å²) in [6, 6.07) is 3.45. The van der Waals surface area contributed by atoms with Gasteiger partial charge in [-0.15, -0.1) is 0 Å². The minimum atomic E-state index is 0.00715. The molecule has 0 aromatic heterocycles. The van der Waals surface area contributed by atoms with Gasteiger partial charge in [-0.25, -0.2) is 0 Å². The quantitative estimate of drug-likeness (QED) is 0.417. The number of rotatable bonds is 8. The molecule has 1 aromatic carbocycles. The molecule has 0 saturated heterocycles. The first-order valence-electron chi connectivity index (χ1n) is 6.16. The Balaban J connectivity index is 3.10. The lowest BCUT2D eigenvalue weighted by molar-refractivity contribution is 0.0973. The largest absolute Gasteiger partial charge is 0.558 e. The van der Waals surface area contributed by atoms with Crippen molar-refractivity contribution >= 4 is 15.0 Å². The monoisotopic (exact) mass is 283 g/mol. The summed E-state index contributed by atoms with van der Waals surface area (Å²) in [5, 5.41) is 0. The number of Topliss-reactive ketones (excluding diaryl/α,β-unsaturated/α-hetero) is 1. The van der Waals surface area contributed by atoms with Crippen molar-refractivity contribution in [2.45, 2.75) is 19.3 Å². The molecule has 0 N–H and O–H groups in total. The van der Waals surface area contributed by atoms with Crippen LogP contribution in [0.15, 0.2) is 12.1 Å². The average Bonchev–Trinajstić information content (AvgIpc) is 2.45. The van der Waals surface area contributed by atoms with Gasteiger partial charge in [0, 0.05) is 6.42 Å². The molecule has 0 spiro atoms. The van der Waals surface area contributed by atoms with E-state index in [-0.39, 0.29) is 5.78 Å². The highest BCUT2D eigenvalue weighted by atomic mass is 31.0. The molecule has 4 nitrogen and oxygen atoms in total. The number of ether oxygens (including phenoxy) is 3. The van der Waals surface area contributed by atoms with Crippen LogP contribution >= 0.6 is 9.24 Å². The molecule has 0 aliphatic heterocycles. The first kappa shape index (κ1) is 15.8. The first-order valence-corrected chi connectivity index (χ1v) is 6.87. The molecule has 1 rings (SSSR count). The van der Waals surface area contributed by atoms with Gasteiger partial charge in [0.1, 0.15) is 11.3 Å². The van der Waals surface area contributed by atoms with Crippen LogP contribution in [0.2, 0.25) is 0 Å². The number of hydrogen-bond acceptors (Lipinski definition) is 4. The highest BCUT2D eigenvalue weighted by Gasteiger charge is 2.21. The summed E-state index contributed by atoms with van der Waals surface area (Å²) >= 11 is 0. The van der Waals surface area contributed by atoms with Gasteiger partial charge >= 0.3 is 0 Å². The van der Waals surface area contributed by atoms with E-state index in [2.05, 4.69) is 9.24 Å². The standard InChI is InChI=1S/C14H20O4P/c1-16-11-7-8-12(17-2)14(18-3)13(11)10(15)6-4-5-9-19/h7-8,19H,4-6,9H2,1-3H3/q-1. The Hall–Kier alpha value is -1.28. The van der Waals surface area contributed by atoms with E-state index >= 15 is 0 Å². The lowest BCUT2D eigenvalue weighted by atomic mass is 10.0. The van der Waals surface area contributed by atoms with E-state index in [4.69, 9.17) is 14.2 Å². The zero-order chi connectivity index (χ0) is 14.3. The molecule has 0 unspecified atom stereocenters. The second-order valence-corrected chi connectivity index (χ2v) is 4.51. The Morgan fingerprint density at radius 1 is 1.05 bits per heavy atom.